The van der Waals surface area contributed by atoms with Gasteiger partial charge in [-0.1, -0.05) is 25.3 Å². The van der Waals surface area contributed by atoms with Gasteiger partial charge in [-0.3, -0.25) is 0 Å². The molecule has 21 heavy (non-hydrogen) atoms. The third-order valence-corrected chi connectivity index (χ3v) is 5.14. The quantitative estimate of drug-likeness (QED) is 0.742. The van der Waals surface area contributed by atoms with E-state index >= 15 is 0 Å². The Morgan fingerprint density at radius 2 is 2.29 bits per heavy atom. The Hall–Kier alpha value is -0.870. The summed E-state index contributed by atoms with van der Waals surface area (Å²) in [6.07, 6.45) is -7.36. The zero-order chi connectivity index (χ0) is 24.6. The van der Waals surface area contributed by atoms with Crippen molar-refractivity contribution >= 4 is 37.3 Å². The molecule has 1 aliphatic heterocycles. The predicted molar refractivity (Wildman–Crippen MR) is 80.0 cm³/mol. The van der Waals surface area contributed by atoms with Crippen molar-refractivity contribution in [1.82, 2.24) is 4.72 Å². The van der Waals surface area contributed by atoms with E-state index in [1.54, 1.807) is 0 Å². The van der Waals surface area contributed by atoms with Gasteiger partial charge in [0.1, 0.15) is 9.79 Å². The van der Waals surface area contributed by atoms with Crippen LogP contribution in [0.25, 0.3) is 0 Å². The molecule has 118 valence electrons. The van der Waals surface area contributed by atoms with Gasteiger partial charge in [-0.05, 0) is 24.4 Å². The highest BCUT2D eigenvalue weighted by Gasteiger charge is 2.31. The predicted octanol–water partition coefficient (Wildman–Crippen LogP) is 1.06. The molecule has 1 atom stereocenters. The minimum Gasteiger partial charge on any atom is -0.368 e. The molecule has 1 heterocycles. The first-order valence-corrected chi connectivity index (χ1v) is 8.52. The van der Waals surface area contributed by atoms with Crippen molar-refractivity contribution < 1.29 is 30.5 Å². The van der Waals surface area contributed by atoms with Crippen LogP contribution < -0.4 is 15.2 Å². The SMILES string of the molecule is [2H]C([2H])([2H])C([2H])(C([2H])([2H])[2H])C([2H])([2H])C1([2H])Nc2cc(Cl)c(S(N)(=O)=O)cc2S(=O)(=O)N1. The van der Waals surface area contributed by atoms with Crippen LogP contribution in [0.5, 0.6) is 0 Å². The third kappa shape index (κ3) is 3.49. The number of halogens is 1. The van der Waals surface area contributed by atoms with E-state index < -0.39 is 72.7 Å². The molecule has 1 unspecified atom stereocenters. The van der Waals surface area contributed by atoms with Gasteiger partial charge in [0.05, 0.1) is 18.2 Å². The van der Waals surface area contributed by atoms with E-state index in [2.05, 4.69) is 0 Å². The average molecular weight is 364 g/mol. The smallest absolute Gasteiger partial charge is 0.244 e. The summed E-state index contributed by atoms with van der Waals surface area (Å²) in [4.78, 5) is -1.64. The van der Waals surface area contributed by atoms with Crippen molar-refractivity contribution in [2.75, 3.05) is 5.32 Å². The number of nitrogens with one attached hydrogen (secondary N) is 2. The molecule has 1 aliphatic rings. The summed E-state index contributed by atoms with van der Waals surface area (Å²) in [7, 11) is -9.44. The second kappa shape index (κ2) is 5.40. The molecule has 0 bridgehead atoms. The Bertz CT molecular complexity index is 1120. The fourth-order valence-electron chi connectivity index (χ4n) is 1.60. The summed E-state index contributed by atoms with van der Waals surface area (Å²) in [6, 6.07) is 1.21. The van der Waals surface area contributed by atoms with Crippen LogP contribution >= 0.6 is 11.6 Å². The van der Waals surface area contributed by atoms with Gasteiger partial charge in [0.2, 0.25) is 20.0 Å². The van der Waals surface area contributed by atoms with Crippen LogP contribution in [0.2, 0.25) is 5.02 Å². The van der Waals surface area contributed by atoms with E-state index in [1.807, 2.05) is 5.32 Å². The average Bonchev–Trinajstić information content (AvgIpc) is 2.48. The Labute approximate surface area is 143 Å². The Morgan fingerprint density at radius 3 is 2.86 bits per heavy atom. The summed E-state index contributed by atoms with van der Waals surface area (Å²) in [5, 5.41) is 6.35. The highest BCUT2D eigenvalue weighted by atomic mass is 35.5. The first-order chi connectivity index (χ1) is 13.4. The van der Waals surface area contributed by atoms with E-state index in [9.17, 15) is 16.8 Å². The molecule has 0 saturated carbocycles. The van der Waals surface area contributed by atoms with Gasteiger partial charge < -0.3 is 5.32 Å². The standard InChI is InChI=1S/C11H16ClN3O4S2/c1-6(2)3-11-14-8-4-7(12)9(20(13,16)17)5-10(8)21(18,19)15-11/h4-6,11,14-15H,3H2,1-2H3,(H2,13,16,17)/i1D3,2D3,3D2,6D,11D. The molecule has 7 nitrogen and oxygen atoms in total. The normalized spacial score (nSPS) is 33.8. The summed E-state index contributed by atoms with van der Waals surface area (Å²) < 4.78 is 127. The Kier molecular flexibility index (Phi) is 1.95. The van der Waals surface area contributed by atoms with E-state index in [1.165, 1.54) is 4.72 Å². The lowest BCUT2D eigenvalue weighted by atomic mass is 10.1. The van der Waals surface area contributed by atoms with Crippen molar-refractivity contribution in [3.8, 4) is 0 Å². The third-order valence-electron chi connectivity index (χ3n) is 2.38. The van der Waals surface area contributed by atoms with Crippen molar-refractivity contribution in [3.05, 3.63) is 17.2 Å². The van der Waals surface area contributed by atoms with Crippen LogP contribution in [0.15, 0.2) is 21.9 Å². The summed E-state index contributed by atoms with van der Waals surface area (Å²) >= 11 is 5.80. The molecule has 0 fully saturated rings. The lowest BCUT2D eigenvalue weighted by Crippen LogP contribution is -2.45. The number of fused-ring (bicyclic) bond motifs is 1. The van der Waals surface area contributed by atoms with Crippen molar-refractivity contribution in [3.63, 3.8) is 0 Å². The van der Waals surface area contributed by atoms with Crippen molar-refractivity contribution in [2.45, 2.75) is 36.0 Å². The number of rotatable bonds is 3. The lowest BCUT2D eigenvalue weighted by Gasteiger charge is -2.29. The number of benzene rings is 1. The van der Waals surface area contributed by atoms with Crippen LogP contribution in [0.3, 0.4) is 0 Å². The van der Waals surface area contributed by atoms with Gasteiger partial charge in [0.25, 0.3) is 0 Å². The molecule has 0 aliphatic carbocycles. The largest absolute Gasteiger partial charge is 0.368 e. The summed E-state index contributed by atoms with van der Waals surface area (Å²) in [6.45, 7) is -7.67. The first-order valence-electron chi connectivity index (χ1n) is 10.1. The number of sulfonamides is 2. The van der Waals surface area contributed by atoms with Crippen molar-refractivity contribution in [2.24, 2.45) is 11.0 Å². The number of primary sulfonamides is 1. The zero-order valence-corrected chi connectivity index (χ0v) is 12.4. The molecule has 0 amide bonds. The maximum Gasteiger partial charge on any atom is 0.244 e. The maximum atomic E-state index is 12.7. The minimum atomic E-state index is -4.95. The van der Waals surface area contributed by atoms with Crippen molar-refractivity contribution in [1.29, 1.82) is 0 Å². The number of nitrogens with two attached hydrogens (primary N) is 1. The molecule has 0 spiro atoms. The number of hydrogen-bond donors (Lipinski definition) is 3. The highest BCUT2D eigenvalue weighted by Crippen LogP contribution is 2.34. The molecule has 0 saturated heterocycles. The highest BCUT2D eigenvalue weighted by molar-refractivity contribution is 7.90. The molecule has 4 N–H and O–H groups in total. The van der Waals surface area contributed by atoms with Crippen LogP contribution in [0, 0.1) is 5.89 Å². The van der Waals surface area contributed by atoms with Crippen LogP contribution in [0.4, 0.5) is 5.69 Å². The van der Waals surface area contributed by atoms with Crippen LogP contribution in [0.1, 0.15) is 33.8 Å². The topological polar surface area (TPSA) is 118 Å². The molecule has 0 radical (unpaired) electrons. The molecular formula is C11H16ClN3O4S2. The van der Waals surface area contributed by atoms with Gasteiger partial charge in [0.15, 0.2) is 0 Å². The van der Waals surface area contributed by atoms with Gasteiger partial charge in [-0.25, -0.2) is 22.0 Å². The van der Waals surface area contributed by atoms with Crippen LogP contribution in [-0.4, -0.2) is 23.0 Å². The molecule has 10 heteroatoms. The minimum absolute atomic E-state index is 0.527. The maximum absolute atomic E-state index is 12.7. The van der Waals surface area contributed by atoms with E-state index in [0.717, 1.165) is 0 Å². The number of anilines is 1. The molecule has 0 aromatic heterocycles. The monoisotopic (exact) mass is 363 g/mol. The fraction of sp³-hybridized carbons (Fsp3) is 0.455. The molecule has 1 aromatic rings. The summed E-state index contributed by atoms with van der Waals surface area (Å²) in [5.41, 5.74) is -0.645. The van der Waals surface area contributed by atoms with Crippen LogP contribution in [-0.2, 0) is 20.0 Å². The second-order valence-corrected chi connectivity index (χ2v) is 7.52. The van der Waals surface area contributed by atoms with E-state index in [0.29, 0.717) is 12.1 Å². The molecular weight excluding hydrogens is 338 g/mol. The van der Waals surface area contributed by atoms with Gasteiger partial charge >= 0.3 is 0 Å². The van der Waals surface area contributed by atoms with E-state index in [4.69, 9.17) is 30.4 Å². The number of hydrogen-bond acceptors (Lipinski definition) is 5. The molecule has 1 aromatic carbocycles. The Balaban J connectivity index is 2.81. The zero-order valence-electron chi connectivity index (χ0n) is 20.1. The van der Waals surface area contributed by atoms with E-state index in [-0.39, 0.29) is 0 Å². The van der Waals surface area contributed by atoms with Gasteiger partial charge in [-0.15, -0.1) is 0 Å². The Morgan fingerprint density at radius 1 is 1.62 bits per heavy atom. The lowest BCUT2D eigenvalue weighted by molar-refractivity contribution is 0.483. The van der Waals surface area contributed by atoms with Gasteiger partial charge in [0, 0.05) is 12.3 Å². The first kappa shape index (κ1) is 7.60. The fourth-order valence-corrected chi connectivity index (χ4v) is 3.93. The summed E-state index contributed by atoms with van der Waals surface area (Å²) in [5.74, 6) is -3.98. The molecule has 2 rings (SSSR count). The second-order valence-electron chi connectivity index (χ2n) is 3.93. The van der Waals surface area contributed by atoms with Gasteiger partial charge in [-0.2, -0.15) is 4.72 Å².